The highest BCUT2D eigenvalue weighted by Crippen LogP contribution is 2.27. The number of esters is 2. The van der Waals surface area contributed by atoms with Crippen LogP contribution in [0.25, 0.3) is 12.2 Å². The Morgan fingerprint density at radius 2 is 1.07 bits per heavy atom. The topological polar surface area (TPSA) is 93.1 Å². The number of aromatic hydroxyl groups is 2. The van der Waals surface area contributed by atoms with Crippen LogP contribution in [0.15, 0.2) is 84.9 Å². The number of phenolic OH excluding ortho intramolecular Hbond substituents is 2. The lowest BCUT2D eigenvalue weighted by atomic mass is 10.2. The Morgan fingerprint density at radius 1 is 0.633 bits per heavy atom. The summed E-state index contributed by atoms with van der Waals surface area (Å²) in [7, 11) is 0. The van der Waals surface area contributed by atoms with Crippen molar-refractivity contribution in [2.75, 3.05) is 0 Å². The zero-order chi connectivity index (χ0) is 21.3. The number of carbonyl (C=O) groups is 2. The van der Waals surface area contributed by atoms with Gasteiger partial charge in [0.05, 0.1) is 0 Å². The Hall–Kier alpha value is -4.32. The second kappa shape index (κ2) is 9.75. The van der Waals surface area contributed by atoms with Crippen LogP contribution in [0.5, 0.6) is 23.0 Å². The zero-order valence-electron chi connectivity index (χ0n) is 15.8. The van der Waals surface area contributed by atoms with Gasteiger partial charge in [0, 0.05) is 12.2 Å². The number of benzene rings is 3. The van der Waals surface area contributed by atoms with Gasteiger partial charge in [0.2, 0.25) is 0 Å². The lowest BCUT2D eigenvalue weighted by molar-refractivity contribution is -0.131. The Labute approximate surface area is 172 Å². The largest absolute Gasteiger partial charge is 0.508 e. The molecular formula is C24H18O6. The SMILES string of the molecule is O=C(/C=C/c1cccc(O)c1)Oc1ccccc1OC(=O)/C=C/c1cccc(O)c1. The van der Waals surface area contributed by atoms with Crippen LogP contribution in [0.3, 0.4) is 0 Å². The van der Waals surface area contributed by atoms with E-state index in [1.54, 1.807) is 36.4 Å². The molecule has 0 aromatic heterocycles. The number of carbonyl (C=O) groups excluding carboxylic acids is 2. The molecule has 0 bridgehead atoms. The van der Waals surface area contributed by atoms with Crippen molar-refractivity contribution in [3.63, 3.8) is 0 Å². The highest BCUT2D eigenvalue weighted by molar-refractivity contribution is 5.91. The van der Waals surface area contributed by atoms with Gasteiger partial charge < -0.3 is 19.7 Å². The summed E-state index contributed by atoms with van der Waals surface area (Å²) in [6.45, 7) is 0. The molecule has 0 aliphatic carbocycles. The minimum absolute atomic E-state index is 0.0848. The van der Waals surface area contributed by atoms with Crippen molar-refractivity contribution >= 4 is 24.1 Å². The summed E-state index contributed by atoms with van der Waals surface area (Å²) in [4.78, 5) is 24.2. The Kier molecular flexibility index (Phi) is 6.63. The van der Waals surface area contributed by atoms with Gasteiger partial charge in [-0.2, -0.15) is 0 Å². The maximum absolute atomic E-state index is 12.1. The third-order valence-electron chi connectivity index (χ3n) is 3.83. The van der Waals surface area contributed by atoms with Gasteiger partial charge in [0.25, 0.3) is 0 Å². The standard InChI is InChI=1S/C24H18O6/c25-19-7-3-5-17(15-19)11-13-23(27)29-21-9-1-2-10-22(21)30-24(28)14-12-18-6-4-8-20(26)16-18/h1-16,25-26H/b13-11+,14-12+. The van der Waals surface area contributed by atoms with Gasteiger partial charge in [-0.25, -0.2) is 9.59 Å². The van der Waals surface area contributed by atoms with Crippen molar-refractivity contribution in [1.82, 2.24) is 0 Å². The van der Waals surface area contributed by atoms with Crippen molar-refractivity contribution in [2.45, 2.75) is 0 Å². The number of hydrogen-bond donors (Lipinski definition) is 2. The van der Waals surface area contributed by atoms with Crippen molar-refractivity contribution < 1.29 is 29.3 Å². The van der Waals surface area contributed by atoms with Crippen molar-refractivity contribution in [2.24, 2.45) is 0 Å². The predicted molar refractivity (Wildman–Crippen MR) is 112 cm³/mol. The molecule has 0 radical (unpaired) electrons. The maximum Gasteiger partial charge on any atom is 0.336 e. The van der Waals surface area contributed by atoms with Gasteiger partial charge in [0.1, 0.15) is 11.5 Å². The Balaban J connectivity index is 1.65. The molecule has 0 spiro atoms. The molecule has 6 nitrogen and oxygen atoms in total. The summed E-state index contributed by atoms with van der Waals surface area (Å²) in [6, 6.07) is 19.1. The fourth-order valence-electron chi connectivity index (χ4n) is 2.49. The first-order chi connectivity index (χ1) is 14.5. The average Bonchev–Trinajstić information content (AvgIpc) is 2.72. The number of phenols is 2. The molecule has 0 fully saturated rings. The summed E-state index contributed by atoms with van der Waals surface area (Å²) in [5.41, 5.74) is 1.26. The molecule has 0 unspecified atom stereocenters. The van der Waals surface area contributed by atoms with E-state index in [0.717, 1.165) is 0 Å². The number of rotatable bonds is 6. The molecular weight excluding hydrogens is 384 g/mol. The average molecular weight is 402 g/mol. The molecule has 3 rings (SSSR count). The molecule has 3 aromatic carbocycles. The zero-order valence-corrected chi connectivity index (χ0v) is 15.8. The number of para-hydroxylation sites is 2. The van der Waals surface area contributed by atoms with E-state index < -0.39 is 11.9 Å². The first kappa shape index (κ1) is 20.4. The quantitative estimate of drug-likeness (QED) is 0.362. The van der Waals surface area contributed by atoms with Crippen LogP contribution in [-0.4, -0.2) is 22.2 Å². The van der Waals surface area contributed by atoms with Gasteiger partial charge in [-0.3, -0.25) is 0 Å². The third-order valence-corrected chi connectivity index (χ3v) is 3.83. The lowest BCUT2D eigenvalue weighted by Crippen LogP contribution is -2.08. The fourth-order valence-corrected chi connectivity index (χ4v) is 2.49. The third kappa shape index (κ3) is 6.10. The molecule has 0 aliphatic heterocycles. The first-order valence-corrected chi connectivity index (χ1v) is 8.96. The van der Waals surface area contributed by atoms with E-state index in [1.807, 2.05) is 0 Å². The van der Waals surface area contributed by atoms with Crippen LogP contribution in [0.2, 0.25) is 0 Å². The summed E-state index contributed by atoms with van der Waals surface area (Å²) >= 11 is 0. The van der Waals surface area contributed by atoms with Crippen molar-refractivity contribution in [3.8, 4) is 23.0 Å². The lowest BCUT2D eigenvalue weighted by Gasteiger charge is -2.08. The summed E-state index contributed by atoms with van der Waals surface area (Å²) < 4.78 is 10.5. The Morgan fingerprint density at radius 3 is 1.47 bits per heavy atom. The first-order valence-electron chi connectivity index (χ1n) is 8.96. The van der Waals surface area contributed by atoms with E-state index in [1.165, 1.54) is 60.7 Å². The molecule has 6 heteroatoms. The van der Waals surface area contributed by atoms with E-state index in [-0.39, 0.29) is 23.0 Å². The van der Waals surface area contributed by atoms with Gasteiger partial charge in [-0.05, 0) is 59.7 Å². The van der Waals surface area contributed by atoms with Crippen LogP contribution in [0, 0.1) is 0 Å². The highest BCUT2D eigenvalue weighted by Gasteiger charge is 2.10. The van der Waals surface area contributed by atoms with Gasteiger partial charge in [-0.15, -0.1) is 0 Å². The number of hydrogen-bond acceptors (Lipinski definition) is 6. The van der Waals surface area contributed by atoms with Crippen LogP contribution < -0.4 is 9.47 Å². The van der Waals surface area contributed by atoms with Crippen molar-refractivity contribution in [3.05, 3.63) is 96.1 Å². The van der Waals surface area contributed by atoms with E-state index in [2.05, 4.69) is 0 Å². The Bertz CT molecular complexity index is 1030. The molecule has 30 heavy (non-hydrogen) atoms. The van der Waals surface area contributed by atoms with E-state index in [4.69, 9.17) is 9.47 Å². The van der Waals surface area contributed by atoms with Crippen LogP contribution in [0.4, 0.5) is 0 Å². The smallest absolute Gasteiger partial charge is 0.336 e. The minimum Gasteiger partial charge on any atom is -0.508 e. The summed E-state index contributed by atoms with van der Waals surface area (Å²) in [5, 5.41) is 18.9. The molecule has 2 N–H and O–H groups in total. The monoisotopic (exact) mass is 402 g/mol. The minimum atomic E-state index is -0.669. The molecule has 3 aromatic rings. The van der Waals surface area contributed by atoms with E-state index in [9.17, 15) is 19.8 Å². The number of ether oxygens (including phenoxy) is 2. The predicted octanol–water partition coefficient (Wildman–Crippen LogP) is 4.34. The second-order valence-corrected chi connectivity index (χ2v) is 6.15. The molecule has 0 amide bonds. The van der Waals surface area contributed by atoms with Crippen molar-refractivity contribution in [1.29, 1.82) is 0 Å². The molecule has 150 valence electrons. The van der Waals surface area contributed by atoms with Gasteiger partial charge in [-0.1, -0.05) is 36.4 Å². The molecule has 0 saturated heterocycles. The molecule has 0 atom stereocenters. The summed E-state index contributed by atoms with van der Waals surface area (Å²) in [5.74, 6) is -0.998. The summed E-state index contributed by atoms with van der Waals surface area (Å²) in [6.07, 6.45) is 5.40. The molecule has 0 heterocycles. The molecule has 0 saturated carbocycles. The van der Waals surface area contributed by atoms with E-state index >= 15 is 0 Å². The maximum atomic E-state index is 12.1. The van der Waals surface area contributed by atoms with Gasteiger partial charge >= 0.3 is 11.9 Å². The van der Waals surface area contributed by atoms with Crippen LogP contribution >= 0.6 is 0 Å². The fraction of sp³-hybridized carbons (Fsp3) is 0. The van der Waals surface area contributed by atoms with Crippen LogP contribution in [0.1, 0.15) is 11.1 Å². The van der Waals surface area contributed by atoms with E-state index in [0.29, 0.717) is 11.1 Å². The normalized spacial score (nSPS) is 10.9. The van der Waals surface area contributed by atoms with Gasteiger partial charge in [0.15, 0.2) is 11.5 Å². The second-order valence-electron chi connectivity index (χ2n) is 6.15. The highest BCUT2D eigenvalue weighted by atomic mass is 16.6. The molecule has 0 aliphatic rings. The van der Waals surface area contributed by atoms with Crippen LogP contribution in [-0.2, 0) is 9.59 Å².